The van der Waals surface area contributed by atoms with Crippen molar-refractivity contribution < 1.29 is 14.2 Å². The minimum Gasteiger partial charge on any atom is -0.496 e. The van der Waals surface area contributed by atoms with Crippen molar-refractivity contribution >= 4 is 0 Å². The molecule has 3 heteroatoms. The molecule has 1 atom stereocenters. The van der Waals surface area contributed by atoms with Gasteiger partial charge in [0.25, 0.3) is 0 Å². The van der Waals surface area contributed by atoms with Crippen LogP contribution in [0.15, 0.2) is 60.7 Å². The zero-order valence-electron chi connectivity index (χ0n) is 16.8. The number of hydrogen-bond acceptors (Lipinski definition) is 3. The van der Waals surface area contributed by atoms with Crippen molar-refractivity contribution in [1.82, 2.24) is 0 Å². The smallest absolute Gasteiger partial charge is 0.122 e. The van der Waals surface area contributed by atoms with Crippen molar-refractivity contribution in [2.24, 2.45) is 0 Å². The van der Waals surface area contributed by atoms with Crippen LogP contribution in [0.5, 0.6) is 5.75 Å². The van der Waals surface area contributed by atoms with Crippen molar-refractivity contribution in [2.45, 2.75) is 25.4 Å². The molecule has 0 spiro atoms. The van der Waals surface area contributed by atoms with Crippen molar-refractivity contribution in [1.29, 1.82) is 0 Å². The number of ether oxygens (including phenoxy) is 3. The van der Waals surface area contributed by atoms with Gasteiger partial charge in [0, 0.05) is 6.61 Å². The third-order valence-electron chi connectivity index (χ3n) is 5.89. The molecule has 148 valence electrons. The van der Waals surface area contributed by atoms with Gasteiger partial charge in [-0.1, -0.05) is 54.6 Å². The topological polar surface area (TPSA) is 31.0 Å². The summed E-state index contributed by atoms with van der Waals surface area (Å²) in [5.41, 5.74) is 9.31. The van der Waals surface area contributed by atoms with Crippen LogP contribution in [0.1, 0.15) is 23.1 Å². The standard InChI is InChI=1S/C26H26O3/c1-27-26-15-20(12-11-18(26)7-5-13-28-16-21-17-29-21)23-9-4-10-24-22-8-3-2-6-19(22)14-25(23)24/h2-4,6,8-12,15,21H,5,7,13-14,16-17H2,1H3. The third-order valence-corrected chi connectivity index (χ3v) is 5.89. The highest BCUT2D eigenvalue weighted by molar-refractivity contribution is 5.85. The average molecular weight is 386 g/mol. The summed E-state index contributed by atoms with van der Waals surface area (Å²) in [6, 6.07) is 22.0. The highest BCUT2D eigenvalue weighted by atomic mass is 16.6. The van der Waals surface area contributed by atoms with Crippen LogP contribution in [0.25, 0.3) is 22.3 Å². The van der Waals surface area contributed by atoms with E-state index in [0.29, 0.717) is 6.10 Å². The van der Waals surface area contributed by atoms with Crippen LogP contribution in [0, 0.1) is 0 Å². The average Bonchev–Trinajstić information content (AvgIpc) is 3.51. The summed E-state index contributed by atoms with van der Waals surface area (Å²) < 4.78 is 16.6. The van der Waals surface area contributed by atoms with E-state index in [1.54, 1.807) is 7.11 Å². The fourth-order valence-corrected chi connectivity index (χ4v) is 4.29. The van der Waals surface area contributed by atoms with Crippen LogP contribution >= 0.6 is 0 Å². The highest BCUT2D eigenvalue weighted by Crippen LogP contribution is 2.42. The van der Waals surface area contributed by atoms with E-state index in [1.165, 1.54) is 38.9 Å². The second-order valence-electron chi connectivity index (χ2n) is 7.83. The largest absolute Gasteiger partial charge is 0.496 e. The molecule has 1 fully saturated rings. The third kappa shape index (κ3) is 3.81. The molecule has 0 amide bonds. The molecule has 1 saturated heterocycles. The zero-order valence-corrected chi connectivity index (χ0v) is 16.8. The zero-order chi connectivity index (χ0) is 19.6. The lowest BCUT2D eigenvalue weighted by Gasteiger charge is -2.13. The molecule has 1 heterocycles. The fraction of sp³-hybridized carbons (Fsp3) is 0.308. The Kier molecular flexibility index (Phi) is 5.09. The van der Waals surface area contributed by atoms with E-state index in [0.717, 1.165) is 44.8 Å². The predicted octanol–water partition coefficient (Wildman–Crippen LogP) is 5.28. The van der Waals surface area contributed by atoms with Crippen LogP contribution in [0.3, 0.4) is 0 Å². The lowest BCUT2D eigenvalue weighted by Crippen LogP contribution is -2.04. The molecule has 3 nitrogen and oxygen atoms in total. The van der Waals surface area contributed by atoms with Gasteiger partial charge < -0.3 is 14.2 Å². The van der Waals surface area contributed by atoms with Gasteiger partial charge >= 0.3 is 0 Å². The molecule has 1 unspecified atom stereocenters. The molecule has 0 aromatic heterocycles. The monoisotopic (exact) mass is 386 g/mol. The van der Waals surface area contributed by atoms with Gasteiger partial charge in [-0.15, -0.1) is 0 Å². The van der Waals surface area contributed by atoms with E-state index in [2.05, 4.69) is 60.7 Å². The number of methoxy groups -OCH3 is 1. The normalized spacial score (nSPS) is 16.4. The Morgan fingerprint density at radius 3 is 2.66 bits per heavy atom. The molecule has 0 bridgehead atoms. The van der Waals surface area contributed by atoms with E-state index < -0.39 is 0 Å². The Hall–Kier alpha value is -2.62. The van der Waals surface area contributed by atoms with Gasteiger partial charge in [0.05, 0.1) is 20.3 Å². The molecule has 3 aromatic carbocycles. The van der Waals surface area contributed by atoms with Crippen LogP contribution in [0.2, 0.25) is 0 Å². The fourth-order valence-electron chi connectivity index (χ4n) is 4.29. The molecule has 0 saturated carbocycles. The van der Waals surface area contributed by atoms with Crippen molar-refractivity contribution in [2.75, 3.05) is 26.9 Å². The molecule has 2 aliphatic rings. The first-order valence-corrected chi connectivity index (χ1v) is 10.4. The maximum Gasteiger partial charge on any atom is 0.122 e. The van der Waals surface area contributed by atoms with Gasteiger partial charge in [-0.25, -0.2) is 0 Å². The first-order chi connectivity index (χ1) is 14.3. The summed E-state index contributed by atoms with van der Waals surface area (Å²) >= 11 is 0. The Morgan fingerprint density at radius 2 is 1.79 bits per heavy atom. The molecular weight excluding hydrogens is 360 g/mol. The first-order valence-electron chi connectivity index (χ1n) is 10.4. The number of benzene rings is 3. The molecule has 1 aliphatic carbocycles. The Balaban J connectivity index is 1.35. The summed E-state index contributed by atoms with van der Waals surface area (Å²) in [7, 11) is 1.76. The number of hydrogen-bond donors (Lipinski definition) is 0. The molecule has 5 rings (SSSR count). The Morgan fingerprint density at radius 1 is 0.966 bits per heavy atom. The summed E-state index contributed by atoms with van der Waals surface area (Å²) in [5.74, 6) is 0.959. The van der Waals surface area contributed by atoms with E-state index in [4.69, 9.17) is 14.2 Å². The van der Waals surface area contributed by atoms with Crippen LogP contribution in [-0.2, 0) is 22.3 Å². The number of aryl methyl sites for hydroxylation is 1. The van der Waals surface area contributed by atoms with E-state index in [9.17, 15) is 0 Å². The number of rotatable bonds is 8. The molecule has 0 radical (unpaired) electrons. The summed E-state index contributed by atoms with van der Waals surface area (Å²) in [4.78, 5) is 0. The Labute approximate surface area is 172 Å². The van der Waals surface area contributed by atoms with E-state index in [-0.39, 0.29) is 0 Å². The Bertz CT molecular complexity index is 1020. The minimum absolute atomic E-state index is 0.336. The van der Waals surface area contributed by atoms with Gasteiger partial charge in [-0.05, 0) is 64.3 Å². The summed E-state index contributed by atoms with van der Waals surface area (Å²) in [6.07, 6.45) is 3.27. The van der Waals surface area contributed by atoms with Crippen molar-refractivity contribution in [3.63, 3.8) is 0 Å². The molecule has 29 heavy (non-hydrogen) atoms. The van der Waals surface area contributed by atoms with Gasteiger partial charge in [0.1, 0.15) is 11.9 Å². The van der Waals surface area contributed by atoms with Crippen molar-refractivity contribution in [3.8, 4) is 28.0 Å². The van der Waals surface area contributed by atoms with Crippen molar-refractivity contribution in [3.05, 3.63) is 77.4 Å². The van der Waals surface area contributed by atoms with Crippen LogP contribution in [-0.4, -0.2) is 33.0 Å². The van der Waals surface area contributed by atoms with Crippen LogP contribution < -0.4 is 4.74 Å². The predicted molar refractivity (Wildman–Crippen MR) is 116 cm³/mol. The minimum atomic E-state index is 0.336. The lowest BCUT2D eigenvalue weighted by molar-refractivity contribution is 0.114. The number of fused-ring (bicyclic) bond motifs is 3. The molecular formula is C26H26O3. The van der Waals surface area contributed by atoms with E-state index in [1.807, 2.05) is 0 Å². The van der Waals surface area contributed by atoms with Gasteiger partial charge in [-0.3, -0.25) is 0 Å². The van der Waals surface area contributed by atoms with Crippen LogP contribution in [0.4, 0.5) is 0 Å². The van der Waals surface area contributed by atoms with E-state index >= 15 is 0 Å². The first kappa shape index (κ1) is 18.4. The molecule has 3 aromatic rings. The van der Waals surface area contributed by atoms with Gasteiger partial charge in [0.2, 0.25) is 0 Å². The quantitative estimate of drug-likeness (QED) is 0.305. The second kappa shape index (κ2) is 8.02. The molecule has 1 aliphatic heterocycles. The number of epoxide rings is 1. The van der Waals surface area contributed by atoms with Gasteiger partial charge in [0.15, 0.2) is 0 Å². The SMILES string of the molecule is COc1cc(-c2cccc3c2Cc2ccccc2-3)ccc1CCCOCC1CO1. The second-order valence-corrected chi connectivity index (χ2v) is 7.83. The highest BCUT2D eigenvalue weighted by Gasteiger charge is 2.22. The maximum absolute atomic E-state index is 5.73. The lowest BCUT2D eigenvalue weighted by atomic mass is 9.94. The van der Waals surface area contributed by atoms with Gasteiger partial charge in [-0.2, -0.15) is 0 Å². The summed E-state index contributed by atoms with van der Waals surface area (Å²) in [6.45, 7) is 2.33. The molecule has 0 N–H and O–H groups in total. The maximum atomic E-state index is 5.73. The summed E-state index contributed by atoms with van der Waals surface area (Å²) in [5, 5.41) is 0.